The Balaban J connectivity index is 1.85. The van der Waals surface area contributed by atoms with Crippen molar-refractivity contribution in [2.75, 3.05) is 13.2 Å². The van der Waals surface area contributed by atoms with Gasteiger partial charge in [0.25, 0.3) is 0 Å². The van der Waals surface area contributed by atoms with Gasteiger partial charge in [0.1, 0.15) is 12.4 Å². The number of hydrogen-bond acceptors (Lipinski definition) is 3. The summed E-state index contributed by atoms with van der Waals surface area (Å²) in [6.45, 7) is 1.24. The highest BCUT2D eigenvalue weighted by Crippen LogP contribution is 2.18. The highest BCUT2D eigenvalue weighted by atomic mass is 35.5. The molecular formula is C13H16ClNO2. The summed E-state index contributed by atoms with van der Waals surface area (Å²) in [6.07, 6.45) is 3.78. The van der Waals surface area contributed by atoms with Crippen LogP contribution in [-0.2, 0) is 4.74 Å². The summed E-state index contributed by atoms with van der Waals surface area (Å²) in [7, 11) is 0. The highest BCUT2D eigenvalue weighted by Gasteiger charge is 2.13. The van der Waals surface area contributed by atoms with Crippen LogP contribution < -0.4 is 10.5 Å². The van der Waals surface area contributed by atoms with Gasteiger partial charge in [0.15, 0.2) is 0 Å². The molecule has 0 aromatic heterocycles. The van der Waals surface area contributed by atoms with Gasteiger partial charge in [-0.2, -0.15) is 0 Å². The molecule has 1 unspecified atom stereocenters. The maximum atomic E-state index is 6.03. The third kappa shape index (κ3) is 3.65. The fourth-order valence-electron chi connectivity index (χ4n) is 1.68. The van der Waals surface area contributed by atoms with Crippen molar-refractivity contribution in [3.8, 4) is 5.75 Å². The number of ether oxygens (including phenoxy) is 2. The van der Waals surface area contributed by atoms with Crippen molar-refractivity contribution in [2.45, 2.75) is 18.9 Å². The van der Waals surface area contributed by atoms with Gasteiger partial charge in [0, 0.05) is 5.02 Å². The van der Waals surface area contributed by atoms with Crippen molar-refractivity contribution in [2.24, 2.45) is 5.73 Å². The minimum absolute atomic E-state index is 0.106. The SMILES string of the molecule is NC(COc1ccc(Cl)cc1)C1=COCCC1. The molecule has 1 heterocycles. The third-order valence-electron chi connectivity index (χ3n) is 2.68. The molecule has 17 heavy (non-hydrogen) atoms. The summed E-state index contributed by atoms with van der Waals surface area (Å²) < 4.78 is 10.9. The summed E-state index contributed by atoms with van der Waals surface area (Å²) in [5.41, 5.74) is 7.14. The molecule has 1 atom stereocenters. The number of rotatable bonds is 4. The Labute approximate surface area is 106 Å². The van der Waals surface area contributed by atoms with E-state index in [0.29, 0.717) is 11.6 Å². The Bertz CT molecular complexity index is 389. The van der Waals surface area contributed by atoms with Crippen LogP contribution >= 0.6 is 11.6 Å². The second-order valence-electron chi connectivity index (χ2n) is 4.04. The van der Waals surface area contributed by atoms with E-state index in [9.17, 15) is 0 Å². The molecule has 1 aliphatic rings. The Hall–Kier alpha value is -1.19. The molecule has 1 aromatic carbocycles. The van der Waals surface area contributed by atoms with Crippen molar-refractivity contribution in [1.29, 1.82) is 0 Å². The van der Waals surface area contributed by atoms with Crippen LogP contribution in [0.2, 0.25) is 5.02 Å². The van der Waals surface area contributed by atoms with Crippen LogP contribution in [0, 0.1) is 0 Å². The monoisotopic (exact) mass is 253 g/mol. The van der Waals surface area contributed by atoms with E-state index in [1.165, 1.54) is 0 Å². The van der Waals surface area contributed by atoms with E-state index in [4.69, 9.17) is 26.8 Å². The Morgan fingerprint density at radius 3 is 2.76 bits per heavy atom. The average molecular weight is 254 g/mol. The van der Waals surface area contributed by atoms with Gasteiger partial charge < -0.3 is 15.2 Å². The lowest BCUT2D eigenvalue weighted by molar-refractivity contribution is 0.214. The average Bonchev–Trinajstić information content (AvgIpc) is 2.39. The van der Waals surface area contributed by atoms with E-state index in [1.807, 2.05) is 12.1 Å². The maximum absolute atomic E-state index is 6.03. The summed E-state index contributed by atoms with van der Waals surface area (Å²) in [5, 5.41) is 0.699. The molecule has 0 saturated heterocycles. The lowest BCUT2D eigenvalue weighted by atomic mass is 10.0. The van der Waals surface area contributed by atoms with Crippen LogP contribution in [0.5, 0.6) is 5.75 Å². The van der Waals surface area contributed by atoms with Crippen molar-refractivity contribution in [3.63, 3.8) is 0 Å². The quantitative estimate of drug-likeness (QED) is 0.897. The van der Waals surface area contributed by atoms with Crippen molar-refractivity contribution in [1.82, 2.24) is 0 Å². The molecule has 4 heteroatoms. The lowest BCUT2D eigenvalue weighted by Gasteiger charge is -2.20. The predicted octanol–water partition coefficient (Wildman–Crippen LogP) is 2.74. The molecule has 0 saturated carbocycles. The number of benzene rings is 1. The molecule has 2 rings (SSSR count). The summed E-state index contributed by atoms with van der Waals surface area (Å²) in [6, 6.07) is 7.16. The zero-order chi connectivity index (χ0) is 12.1. The van der Waals surface area contributed by atoms with Crippen molar-refractivity contribution < 1.29 is 9.47 Å². The maximum Gasteiger partial charge on any atom is 0.119 e. The zero-order valence-electron chi connectivity index (χ0n) is 9.56. The second kappa shape index (κ2) is 5.94. The number of nitrogens with two attached hydrogens (primary N) is 1. The molecule has 92 valence electrons. The fourth-order valence-corrected chi connectivity index (χ4v) is 1.81. The third-order valence-corrected chi connectivity index (χ3v) is 2.93. The van der Waals surface area contributed by atoms with Crippen LogP contribution in [0.3, 0.4) is 0 Å². The van der Waals surface area contributed by atoms with E-state index in [1.54, 1.807) is 18.4 Å². The highest BCUT2D eigenvalue weighted by molar-refractivity contribution is 6.30. The van der Waals surface area contributed by atoms with Crippen LogP contribution in [0.15, 0.2) is 36.1 Å². The molecule has 0 amide bonds. The van der Waals surface area contributed by atoms with Gasteiger partial charge >= 0.3 is 0 Å². The van der Waals surface area contributed by atoms with E-state index in [-0.39, 0.29) is 6.04 Å². The Morgan fingerprint density at radius 2 is 2.12 bits per heavy atom. The Morgan fingerprint density at radius 1 is 1.35 bits per heavy atom. The molecule has 2 N–H and O–H groups in total. The summed E-state index contributed by atoms with van der Waals surface area (Å²) >= 11 is 5.79. The number of halogens is 1. The largest absolute Gasteiger partial charge is 0.501 e. The molecular weight excluding hydrogens is 238 g/mol. The normalized spacial score (nSPS) is 16.9. The Kier molecular flexibility index (Phi) is 4.29. The van der Waals surface area contributed by atoms with Crippen molar-refractivity contribution in [3.05, 3.63) is 41.1 Å². The summed E-state index contributed by atoms with van der Waals surface area (Å²) in [5.74, 6) is 0.780. The van der Waals surface area contributed by atoms with Gasteiger partial charge in [-0.15, -0.1) is 0 Å². The fraction of sp³-hybridized carbons (Fsp3) is 0.385. The van der Waals surface area contributed by atoms with Gasteiger partial charge in [-0.3, -0.25) is 0 Å². The first-order valence-corrected chi connectivity index (χ1v) is 6.08. The molecule has 0 spiro atoms. The van der Waals surface area contributed by atoms with Gasteiger partial charge in [-0.25, -0.2) is 0 Å². The van der Waals surface area contributed by atoms with Crippen molar-refractivity contribution >= 4 is 11.6 Å². The van der Waals surface area contributed by atoms with E-state index >= 15 is 0 Å². The van der Waals surface area contributed by atoms with E-state index in [0.717, 1.165) is 30.8 Å². The minimum Gasteiger partial charge on any atom is -0.501 e. The molecule has 1 aromatic rings. The first-order chi connectivity index (χ1) is 8.25. The zero-order valence-corrected chi connectivity index (χ0v) is 10.3. The van der Waals surface area contributed by atoms with E-state index in [2.05, 4.69) is 0 Å². The first-order valence-electron chi connectivity index (χ1n) is 5.70. The van der Waals surface area contributed by atoms with Gasteiger partial charge in [-0.1, -0.05) is 11.6 Å². The van der Waals surface area contributed by atoms with Crippen LogP contribution in [0.4, 0.5) is 0 Å². The second-order valence-corrected chi connectivity index (χ2v) is 4.47. The standard InChI is InChI=1S/C13H16ClNO2/c14-11-3-5-12(6-4-11)17-9-13(15)10-2-1-7-16-8-10/h3-6,8,13H,1-2,7,9,15H2. The first kappa shape index (κ1) is 12.3. The topological polar surface area (TPSA) is 44.5 Å². The van der Waals surface area contributed by atoms with Gasteiger partial charge in [-0.05, 0) is 42.7 Å². The number of hydrogen-bond donors (Lipinski definition) is 1. The molecule has 0 aliphatic carbocycles. The smallest absolute Gasteiger partial charge is 0.119 e. The molecule has 0 radical (unpaired) electrons. The van der Waals surface area contributed by atoms with Gasteiger partial charge in [0.05, 0.1) is 18.9 Å². The van der Waals surface area contributed by atoms with E-state index < -0.39 is 0 Å². The van der Waals surface area contributed by atoms with Crippen LogP contribution in [-0.4, -0.2) is 19.3 Å². The summed E-state index contributed by atoms with van der Waals surface area (Å²) in [4.78, 5) is 0. The molecule has 3 nitrogen and oxygen atoms in total. The van der Waals surface area contributed by atoms with Gasteiger partial charge in [0.2, 0.25) is 0 Å². The van der Waals surface area contributed by atoms with Crippen LogP contribution in [0.25, 0.3) is 0 Å². The lowest BCUT2D eigenvalue weighted by Crippen LogP contribution is -2.31. The predicted molar refractivity (Wildman–Crippen MR) is 68.2 cm³/mol. The minimum atomic E-state index is -0.106. The molecule has 0 fully saturated rings. The molecule has 0 bridgehead atoms. The van der Waals surface area contributed by atoms with Crippen LogP contribution in [0.1, 0.15) is 12.8 Å². The molecule has 1 aliphatic heterocycles.